The molecule has 4 rings (SSSR count). The van der Waals surface area contributed by atoms with Gasteiger partial charge in [0.05, 0.1) is 10.0 Å². The number of phenolic OH excluding ortho intramolecular Hbond substituents is 1. The second kappa shape index (κ2) is 7.78. The van der Waals surface area contributed by atoms with E-state index in [4.69, 9.17) is 0 Å². The second-order valence-electron chi connectivity index (χ2n) is 9.41. The molecule has 2 saturated carbocycles. The highest BCUT2D eigenvalue weighted by Crippen LogP contribution is 2.65. The van der Waals surface area contributed by atoms with Gasteiger partial charge in [0.2, 0.25) is 5.91 Å². The number of fused-ring (bicyclic) bond motifs is 5. The normalized spacial score (nSPS) is 36.3. The SMILES string of the molecule is C[C@]12CC[C@@H]3c4ccc(O)cc4CC[C@H]3[C@@H]1CC[C@@]2(O)CCCNC(=O)CI. The maximum atomic E-state index is 11.6. The van der Waals surface area contributed by atoms with Crippen molar-refractivity contribution in [2.45, 2.75) is 69.8 Å². The summed E-state index contributed by atoms with van der Waals surface area (Å²) < 4.78 is 0.490. The Morgan fingerprint density at radius 1 is 1.29 bits per heavy atom. The van der Waals surface area contributed by atoms with Gasteiger partial charge in [-0.25, -0.2) is 0 Å². The third kappa shape index (κ3) is 3.36. The Morgan fingerprint density at radius 3 is 2.89 bits per heavy atom. The number of hydrogen-bond acceptors (Lipinski definition) is 3. The maximum absolute atomic E-state index is 11.6. The lowest BCUT2D eigenvalue weighted by atomic mass is 9.53. The summed E-state index contributed by atoms with van der Waals surface area (Å²) in [6.07, 6.45) is 8.03. The summed E-state index contributed by atoms with van der Waals surface area (Å²) in [4.78, 5) is 11.5. The molecule has 0 radical (unpaired) electrons. The van der Waals surface area contributed by atoms with Crippen molar-refractivity contribution in [3.05, 3.63) is 29.3 Å². The molecule has 154 valence electrons. The summed E-state index contributed by atoms with van der Waals surface area (Å²) in [6.45, 7) is 2.99. The first kappa shape index (κ1) is 20.5. The molecule has 3 N–H and O–H groups in total. The van der Waals surface area contributed by atoms with Crippen LogP contribution in [0, 0.1) is 17.3 Å². The second-order valence-corrected chi connectivity index (χ2v) is 10.2. The first-order chi connectivity index (χ1) is 13.4. The molecule has 0 bridgehead atoms. The molecule has 0 unspecified atom stereocenters. The van der Waals surface area contributed by atoms with Gasteiger partial charge in [-0.1, -0.05) is 35.6 Å². The third-order valence-corrected chi connectivity index (χ3v) is 8.94. The van der Waals surface area contributed by atoms with Crippen molar-refractivity contribution < 1.29 is 15.0 Å². The van der Waals surface area contributed by atoms with Crippen LogP contribution < -0.4 is 5.32 Å². The van der Waals surface area contributed by atoms with E-state index < -0.39 is 5.60 Å². The number of halogens is 1. The van der Waals surface area contributed by atoms with Crippen molar-refractivity contribution in [3.63, 3.8) is 0 Å². The smallest absolute Gasteiger partial charge is 0.229 e. The van der Waals surface area contributed by atoms with Crippen LogP contribution >= 0.6 is 22.6 Å². The van der Waals surface area contributed by atoms with Gasteiger partial charge in [-0.05, 0) is 97.8 Å². The summed E-state index contributed by atoms with van der Waals surface area (Å²) in [6, 6.07) is 5.93. The van der Waals surface area contributed by atoms with Crippen LogP contribution in [-0.2, 0) is 11.2 Å². The van der Waals surface area contributed by atoms with Crippen LogP contribution in [0.4, 0.5) is 0 Å². The summed E-state index contributed by atoms with van der Waals surface area (Å²) in [5, 5.41) is 24.4. The number of amides is 1. The van der Waals surface area contributed by atoms with Crippen molar-refractivity contribution in [3.8, 4) is 5.75 Å². The Hall–Kier alpha value is -0.820. The van der Waals surface area contributed by atoms with E-state index in [0.29, 0.717) is 34.5 Å². The summed E-state index contributed by atoms with van der Waals surface area (Å²) in [5.41, 5.74) is 2.14. The minimum atomic E-state index is -0.604. The van der Waals surface area contributed by atoms with Crippen LogP contribution in [0.25, 0.3) is 0 Å². The zero-order valence-electron chi connectivity index (χ0n) is 16.7. The predicted octanol–water partition coefficient (Wildman–Crippen LogP) is 4.31. The number of carbonyl (C=O) groups is 1. The van der Waals surface area contributed by atoms with E-state index in [2.05, 4.69) is 40.9 Å². The lowest BCUT2D eigenvalue weighted by molar-refractivity contribution is -0.119. The van der Waals surface area contributed by atoms with Gasteiger partial charge < -0.3 is 15.5 Å². The van der Waals surface area contributed by atoms with E-state index in [-0.39, 0.29) is 11.3 Å². The molecule has 28 heavy (non-hydrogen) atoms. The first-order valence-electron chi connectivity index (χ1n) is 10.7. The molecule has 1 aromatic rings. The van der Waals surface area contributed by atoms with Crippen LogP contribution in [0.2, 0.25) is 0 Å². The van der Waals surface area contributed by atoms with E-state index >= 15 is 0 Å². The molecule has 4 nitrogen and oxygen atoms in total. The van der Waals surface area contributed by atoms with E-state index in [1.54, 1.807) is 0 Å². The quantitative estimate of drug-likeness (QED) is 0.323. The van der Waals surface area contributed by atoms with Crippen LogP contribution in [-0.4, -0.2) is 32.7 Å². The number of carbonyl (C=O) groups excluding carboxylic acids is 1. The zero-order chi connectivity index (χ0) is 19.9. The topological polar surface area (TPSA) is 69.6 Å². The fourth-order valence-electron chi connectivity index (χ4n) is 6.75. The maximum Gasteiger partial charge on any atom is 0.229 e. The van der Waals surface area contributed by atoms with Gasteiger partial charge in [0.15, 0.2) is 0 Å². The lowest BCUT2D eigenvalue weighted by Gasteiger charge is -2.53. The molecule has 2 fully saturated rings. The molecule has 0 aromatic heterocycles. The van der Waals surface area contributed by atoms with Crippen molar-refractivity contribution in [2.24, 2.45) is 17.3 Å². The highest BCUT2D eigenvalue weighted by molar-refractivity contribution is 14.1. The van der Waals surface area contributed by atoms with E-state index in [1.165, 1.54) is 17.5 Å². The van der Waals surface area contributed by atoms with E-state index in [0.717, 1.165) is 44.9 Å². The molecule has 1 aromatic carbocycles. The monoisotopic (exact) mass is 497 g/mol. The molecular formula is C23H32INO3. The lowest BCUT2D eigenvalue weighted by Crippen LogP contribution is -2.51. The van der Waals surface area contributed by atoms with Crippen LogP contribution in [0.1, 0.15) is 68.9 Å². The Morgan fingerprint density at radius 2 is 2.11 bits per heavy atom. The molecule has 0 aliphatic heterocycles. The predicted molar refractivity (Wildman–Crippen MR) is 119 cm³/mol. The van der Waals surface area contributed by atoms with Crippen LogP contribution in [0.5, 0.6) is 5.75 Å². The molecule has 3 aliphatic rings. The number of nitrogens with one attached hydrogen (secondary N) is 1. The van der Waals surface area contributed by atoms with Gasteiger partial charge in [-0.2, -0.15) is 0 Å². The molecule has 5 heteroatoms. The van der Waals surface area contributed by atoms with Crippen molar-refractivity contribution >= 4 is 28.5 Å². The molecule has 0 saturated heterocycles. The van der Waals surface area contributed by atoms with Gasteiger partial charge in [0, 0.05) is 6.54 Å². The van der Waals surface area contributed by atoms with Gasteiger partial charge in [-0.3, -0.25) is 4.79 Å². The molecule has 0 spiro atoms. The zero-order valence-corrected chi connectivity index (χ0v) is 18.9. The number of rotatable bonds is 5. The third-order valence-electron chi connectivity index (χ3n) is 8.24. The van der Waals surface area contributed by atoms with Crippen molar-refractivity contribution in [1.82, 2.24) is 5.32 Å². The fraction of sp³-hybridized carbons (Fsp3) is 0.696. The molecule has 3 aliphatic carbocycles. The molecular weight excluding hydrogens is 465 g/mol. The average molecular weight is 497 g/mol. The number of aromatic hydroxyl groups is 1. The van der Waals surface area contributed by atoms with E-state index in [9.17, 15) is 15.0 Å². The molecule has 0 heterocycles. The molecule has 5 atom stereocenters. The Labute approximate surface area is 181 Å². The Kier molecular flexibility index (Phi) is 5.69. The summed E-state index contributed by atoms with van der Waals surface area (Å²) in [7, 11) is 0. The first-order valence-corrected chi connectivity index (χ1v) is 12.3. The summed E-state index contributed by atoms with van der Waals surface area (Å²) in [5.74, 6) is 2.25. The minimum Gasteiger partial charge on any atom is -0.508 e. The number of alkyl halides is 1. The van der Waals surface area contributed by atoms with Crippen molar-refractivity contribution in [1.29, 1.82) is 0 Å². The van der Waals surface area contributed by atoms with Crippen LogP contribution in [0.3, 0.4) is 0 Å². The Balaban J connectivity index is 1.47. The largest absolute Gasteiger partial charge is 0.508 e. The Bertz CT molecular complexity index is 753. The standard InChI is InChI=1S/C23H32INO3/c1-22-10-7-18-17-6-4-16(26)13-15(17)3-5-19(18)20(22)8-11-23(22,28)9-2-12-25-21(27)14-24/h4,6,13,18-20,26,28H,2-3,5,7-12,14H2,1H3,(H,25,27)/t18-,19-,20+,22+,23+/m1/s1. The van der Waals surface area contributed by atoms with Gasteiger partial charge in [0.25, 0.3) is 0 Å². The highest BCUT2D eigenvalue weighted by Gasteiger charge is 2.60. The van der Waals surface area contributed by atoms with Crippen LogP contribution in [0.15, 0.2) is 18.2 Å². The number of phenols is 1. The highest BCUT2D eigenvalue weighted by atomic mass is 127. The average Bonchev–Trinajstić information content (AvgIpc) is 2.96. The number of benzene rings is 1. The van der Waals surface area contributed by atoms with Crippen molar-refractivity contribution in [2.75, 3.05) is 11.0 Å². The number of aryl methyl sites for hydroxylation is 1. The van der Waals surface area contributed by atoms with Gasteiger partial charge in [0.1, 0.15) is 5.75 Å². The summed E-state index contributed by atoms with van der Waals surface area (Å²) >= 11 is 2.08. The fourth-order valence-corrected chi connectivity index (χ4v) is 7.02. The minimum absolute atomic E-state index is 0.0180. The molecule has 1 amide bonds. The van der Waals surface area contributed by atoms with Gasteiger partial charge >= 0.3 is 0 Å². The van der Waals surface area contributed by atoms with E-state index in [1.807, 2.05) is 12.1 Å². The van der Waals surface area contributed by atoms with Gasteiger partial charge in [-0.15, -0.1) is 0 Å². The number of aliphatic hydroxyl groups is 1. The number of hydrogen-bond donors (Lipinski definition) is 3.